The first kappa shape index (κ1) is 14.7. The Balaban J connectivity index is 2.53. The van der Waals surface area contributed by atoms with Crippen LogP contribution >= 0.6 is 0 Å². The number of hydrogen-bond acceptors (Lipinski definition) is 8. The first-order valence-corrected chi connectivity index (χ1v) is 5.29. The molecule has 2 unspecified atom stereocenters. The van der Waals surface area contributed by atoms with Gasteiger partial charge in [-0.1, -0.05) is 0 Å². The van der Waals surface area contributed by atoms with Gasteiger partial charge in [0.05, 0.1) is 25.9 Å². The summed E-state index contributed by atoms with van der Waals surface area (Å²) in [5.74, 6) is 0. The number of aliphatic hydroxyl groups is 5. The van der Waals surface area contributed by atoms with E-state index in [-0.39, 0.29) is 6.61 Å². The van der Waals surface area contributed by atoms with Crippen LogP contribution in [0.4, 0.5) is 0 Å². The summed E-state index contributed by atoms with van der Waals surface area (Å²) in [4.78, 5) is 0. The van der Waals surface area contributed by atoms with Gasteiger partial charge in [0.15, 0.2) is 6.29 Å². The van der Waals surface area contributed by atoms with E-state index in [1.165, 1.54) is 0 Å². The van der Waals surface area contributed by atoms with Gasteiger partial charge in [0.2, 0.25) is 0 Å². The highest BCUT2D eigenvalue weighted by molar-refractivity contribution is 4.91. The Morgan fingerprint density at radius 2 is 1.88 bits per heavy atom. The van der Waals surface area contributed by atoms with Gasteiger partial charge in [-0.3, -0.25) is 0 Å². The summed E-state index contributed by atoms with van der Waals surface area (Å²) in [7, 11) is 0. The topological polar surface area (TPSA) is 146 Å². The van der Waals surface area contributed by atoms with E-state index in [2.05, 4.69) is 0 Å². The van der Waals surface area contributed by atoms with Gasteiger partial charge in [0, 0.05) is 0 Å². The first-order chi connectivity index (χ1) is 8.01. The fourth-order valence-electron chi connectivity index (χ4n) is 1.51. The van der Waals surface area contributed by atoms with Crippen molar-refractivity contribution in [3.8, 4) is 0 Å². The summed E-state index contributed by atoms with van der Waals surface area (Å²) in [5.41, 5.74) is 5.57. The predicted octanol–water partition coefficient (Wildman–Crippen LogP) is -3.88. The Bertz CT molecular complexity index is 227. The van der Waals surface area contributed by atoms with Crippen LogP contribution in [0.2, 0.25) is 0 Å². The van der Waals surface area contributed by atoms with E-state index in [0.717, 1.165) is 0 Å². The van der Waals surface area contributed by atoms with Crippen molar-refractivity contribution in [3.63, 3.8) is 0 Å². The van der Waals surface area contributed by atoms with Gasteiger partial charge in [0.1, 0.15) is 24.4 Å². The fourth-order valence-corrected chi connectivity index (χ4v) is 1.51. The Morgan fingerprint density at radius 3 is 2.41 bits per heavy atom. The lowest BCUT2D eigenvalue weighted by Gasteiger charge is -2.40. The molecule has 1 rings (SSSR count). The lowest BCUT2D eigenvalue weighted by atomic mass is 9.98. The second kappa shape index (κ2) is 6.57. The Morgan fingerprint density at radius 1 is 1.24 bits per heavy atom. The molecular weight excluding hydrogens is 234 g/mol. The molecule has 1 fully saturated rings. The SMILES string of the molecule is N[C@H]1C(OCC(O)CO)O[C@H](CO)[C@@H](O)[C@@H]1O. The monoisotopic (exact) mass is 253 g/mol. The molecule has 1 aliphatic heterocycles. The molecule has 0 saturated carbocycles. The van der Waals surface area contributed by atoms with Crippen molar-refractivity contribution in [1.82, 2.24) is 0 Å². The third-order valence-electron chi connectivity index (χ3n) is 2.59. The van der Waals surface area contributed by atoms with E-state index in [1.54, 1.807) is 0 Å². The Hall–Kier alpha value is -0.320. The van der Waals surface area contributed by atoms with Crippen molar-refractivity contribution in [2.45, 2.75) is 36.7 Å². The molecule has 0 bridgehead atoms. The minimum Gasteiger partial charge on any atom is -0.394 e. The highest BCUT2D eigenvalue weighted by atomic mass is 16.7. The second-order valence-electron chi connectivity index (χ2n) is 3.95. The lowest BCUT2D eigenvalue weighted by Crippen LogP contribution is -2.62. The molecule has 0 radical (unpaired) electrons. The van der Waals surface area contributed by atoms with Gasteiger partial charge in [0.25, 0.3) is 0 Å². The lowest BCUT2D eigenvalue weighted by molar-refractivity contribution is -0.270. The first-order valence-electron chi connectivity index (χ1n) is 5.29. The number of rotatable bonds is 5. The van der Waals surface area contributed by atoms with Crippen LogP contribution in [0.1, 0.15) is 0 Å². The molecule has 1 saturated heterocycles. The molecule has 17 heavy (non-hydrogen) atoms. The largest absolute Gasteiger partial charge is 0.394 e. The van der Waals surface area contributed by atoms with Gasteiger partial charge in [-0.15, -0.1) is 0 Å². The van der Waals surface area contributed by atoms with E-state index < -0.39 is 50.0 Å². The third-order valence-corrected chi connectivity index (χ3v) is 2.59. The van der Waals surface area contributed by atoms with Crippen LogP contribution in [0.3, 0.4) is 0 Å². The standard InChI is InChI=1S/C9H19NO7/c10-6-8(15)7(14)5(2-12)17-9(6)16-3-4(13)1-11/h4-9,11-15H,1-3,10H2/t4?,5-,6-,7-,8-,9?/m1/s1. The molecule has 7 N–H and O–H groups in total. The molecule has 0 spiro atoms. The van der Waals surface area contributed by atoms with Crippen LogP contribution in [0.5, 0.6) is 0 Å². The van der Waals surface area contributed by atoms with Crippen LogP contribution in [0.15, 0.2) is 0 Å². The molecule has 8 heteroatoms. The summed E-state index contributed by atoms with van der Waals surface area (Å²) in [6.45, 7) is -1.19. The molecule has 8 nitrogen and oxygen atoms in total. The molecule has 0 aromatic carbocycles. The van der Waals surface area contributed by atoms with Gasteiger partial charge in [-0.05, 0) is 0 Å². The molecule has 0 aliphatic carbocycles. The van der Waals surface area contributed by atoms with E-state index in [4.69, 9.17) is 30.5 Å². The zero-order valence-corrected chi connectivity index (χ0v) is 9.22. The molecule has 1 aliphatic rings. The van der Waals surface area contributed by atoms with Crippen molar-refractivity contribution >= 4 is 0 Å². The van der Waals surface area contributed by atoms with Crippen molar-refractivity contribution in [2.24, 2.45) is 5.73 Å². The second-order valence-corrected chi connectivity index (χ2v) is 3.95. The van der Waals surface area contributed by atoms with Crippen molar-refractivity contribution < 1.29 is 35.0 Å². The van der Waals surface area contributed by atoms with Gasteiger partial charge < -0.3 is 40.7 Å². The zero-order chi connectivity index (χ0) is 13.0. The molecule has 0 aromatic rings. The maximum atomic E-state index is 9.58. The summed E-state index contributed by atoms with van der Waals surface area (Å²) in [6, 6.07) is -1.00. The van der Waals surface area contributed by atoms with Crippen molar-refractivity contribution in [2.75, 3.05) is 19.8 Å². The van der Waals surface area contributed by atoms with Crippen LogP contribution in [0.25, 0.3) is 0 Å². The quantitative estimate of drug-likeness (QED) is 0.292. The van der Waals surface area contributed by atoms with Gasteiger partial charge >= 0.3 is 0 Å². The average Bonchev–Trinajstić information content (AvgIpc) is 2.34. The van der Waals surface area contributed by atoms with Crippen LogP contribution in [-0.2, 0) is 9.47 Å². The minimum absolute atomic E-state index is 0.226. The maximum absolute atomic E-state index is 9.58. The summed E-state index contributed by atoms with van der Waals surface area (Å²) < 4.78 is 10.2. The van der Waals surface area contributed by atoms with E-state index in [0.29, 0.717) is 0 Å². The molecule has 1 heterocycles. The van der Waals surface area contributed by atoms with Gasteiger partial charge in [-0.25, -0.2) is 0 Å². The third kappa shape index (κ3) is 3.57. The number of ether oxygens (including phenoxy) is 2. The van der Waals surface area contributed by atoms with Crippen LogP contribution in [-0.4, -0.2) is 82.1 Å². The van der Waals surface area contributed by atoms with Crippen LogP contribution in [0, 0.1) is 0 Å². The highest BCUT2D eigenvalue weighted by Gasteiger charge is 2.43. The molecule has 0 aromatic heterocycles. The number of hydrogen-bond donors (Lipinski definition) is 6. The predicted molar refractivity (Wildman–Crippen MR) is 54.8 cm³/mol. The molecule has 0 amide bonds. The fraction of sp³-hybridized carbons (Fsp3) is 1.00. The maximum Gasteiger partial charge on any atom is 0.175 e. The molecular formula is C9H19NO7. The van der Waals surface area contributed by atoms with E-state index in [1.807, 2.05) is 0 Å². The minimum atomic E-state index is -1.29. The summed E-state index contributed by atoms with van der Waals surface area (Å²) in [5, 5.41) is 45.7. The number of aliphatic hydroxyl groups excluding tert-OH is 5. The number of nitrogens with two attached hydrogens (primary N) is 1. The normalized spacial score (nSPS) is 40.2. The highest BCUT2D eigenvalue weighted by Crippen LogP contribution is 2.20. The zero-order valence-electron chi connectivity index (χ0n) is 9.22. The summed E-state index contributed by atoms with van der Waals surface area (Å²) >= 11 is 0. The summed E-state index contributed by atoms with van der Waals surface area (Å²) in [6.07, 6.45) is -5.73. The smallest absolute Gasteiger partial charge is 0.175 e. The molecule has 6 atom stereocenters. The van der Waals surface area contributed by atoms with Crippen molar-refractivity contribution in [3.05, 3.63) is 0 Å². The Kier molecular flexibility index (Phi) is 5.70. The Labute approximate surface area is 98.2 Å². The average molecular weight is 253 g/mol. The van der Waals surface area contributed by atoms with Crippen LogP contribution < -0.4 is 5.73 Å². The van der Waals surface area contributed by atoms with E-state index >= 15 is 0 Å². The van der Waals surface area contributed by atoms with Gasteiger partial charge in [-0.2, -0.15) is 0 Å². The van der Waals surface area contributed by atoms with E-state index in [9.17, 15) is 10.2 Å². The molecule has 102 valence electrons. The van der Waals surface area contributed by atoms with Crippen molar-refractivity contribution in [1.29, 1.82) is 0 Å².